The Hall–Kier alpha value is 1.06. The summed E-state index contributed by atoms with van der Waals surface area (Å²) in [5, 5.41) is 3.78. The van der Waals surface area contributed by atoms with E-state index in [-0.39, 0.29) is 0 Å². The van der Waals surface area contributed by atoms with Gasteiger partial charge in [0, 0.05) is 7.11 Å². The third-order valence-corrected chi connectivity index (χ3v) is 0. The van der Waals surface area contributed by atoms with Gasteiger partial charge in [-0.2, -0.15) is 0 Å². The molecule has 6 heteroatoms. The fraction of sp³-hybridized carbons (Fsp3) is 1.00. The molecule has 0 saturated carbocycles. The van der Waals surface area contributed by atoms with Crippen LogP contribution in [0.1, 0.15) is 0 Å². The maximum atomic E-state index is 9.51. The molecule has 0 saturated heterocycles. The van der Waals surface area contributed by atoms with E-state index in [1.165, 1.54) is 0 Å². The zero-order valence-electron chi connectivity index (χ0n) is 3.44. The highest BCUT2D eigenvalue weighted by molar-refractivity contribution is 8.24. The lowest BCUT2D eigenvalue weighted by atomic mass is 11.8. The van der Waals surface area contributed by atoms with Crippen molar-refractivity contribution < 1.29 is 9.67 Å². The van der Waals surface area contributed by atoms with Crippen LogP contribution >= 0.6 is 38.9 Å². The normalized spacial score (nSPS) is 9.29. The van der Waals surface area contributed by atoms with Gasteiger partial charge in [0.1, 0.15) is 0 Å². The molecule has 7 heavy (non-hydrogen) atoms. The van der Waals surface area contributed by atoms with Crippen molar-refractivity contribution in [3.05, 3.63) is 0 Å². The van der Waals surface area contributed by atoms with Gasteiger partial charge >= 0.3 is 5.20 Å². The Morgan fingerprint density at radius 2 is 1.29 bits per heavy atom. The van der Waals surface area contributed by atoms with Crippen LogP contribution in [0, 0.1) is 0 Å². The molecule has 0 amide bonds. The van der Waals surface area contributed by atoms with Gasteiger partial charge in [-0.15, -0.1) is 0 Å². The zero-order chi connectivity index (χ0) is 6.50. The summed E-state index contributed by atoms with van der Waals surface area (Å²) in [6.45, 7) is 0. The summed E-state index contributed by atoms with van der Waals surface area (Å²) >= 11 is 13.8. The van der Waals surface area contributed by atoms with Crippen LogP contribution in [0.3, 0.4) is 0 Å². The van der Waals surface area contributed by atoms with Crippen LogP contribution in [0.4, 0.5) is 0 Å². The van der Waals surface area contributed by atoms with Gasteiger partial charge in [0.05, 0.1) is 0 Å². The predicted octanol–water partition coefficient (Wildman–Crippen LogP) is 2.42. The van der Waals surface area contributed by atoms with E-state index in [2.05, 4.69) is 33.7 Å². The van der Waals surface area contributed by atoms with E-state index in [4.69, 9.17) is 5.11 Å². The average Bonchev–Trinajstić information content (AvgIpc) is 1.36. The molecule has 0 unspecified atom stereocenters. The second-order valence-electron chi connectivity index (χ2n) is 0.399. The molecule has 2 nitrogen and oxygen atoms in total. The second kappa shape index (κ2) is 5.20. The lowest BCUT2D eigenvalue weighted by Gasteiger charge is -1.74. The Bertz CT molecular complexity index is 59.1. The monoisotopic (exact) mass is 184 g/mol. The molecule has 0 radical (unpaired) electrons. The molecule has 0 fully saturated rings. The summed E-state index contributed by atoms with van der Waals surface area (Å²) in [4.78, 5) is 0. The molecule has 0 spiro atoms. The van der Waals surface area contributed by atoms with Crippen LogP contribution in [0.15, 0.2) is 0 Å². The van der Waals surface area contributed by atoms with Gasteiger partial charge in [0.15, 0.2) is 0 Å². The van der Waals surface area contributed by atoms with Crippen molar-refractivity contribution in [3.63, 3.8) is 0 Å². The minimum atomic E-state index is -3.22. The number of aliphatic hydroxyl groups excluding tert-OH is 1. The summed E-state index contributed by atoms with van der Waals surface area (Å²) in [6.07, 6.45) is 0. The van der Waals surface area contributed by atoms with E-state index >= 15 is 0 Å². The van der Waals surface area contributed by atoms with Crippen LogP contribution in [-0.2, 0) is 4.57 Å². The van der Waals surface area contributed by atoms with Gasteiger partial charge < -0.3 is 5.11 Å². The summed E-state index contributed by atoms with van der Waals surface area (Å²) in [5.41, 5.74) is 0. The molecular formula is CH4Cl3O2P. The molecule has 0 rings (SSSR count). The third-order valence-electron chi connectivity index (χ3n) is 0. The lowest BCUT2D eigenvalue weighted by molar-refractivity contribution is 0.399. The van der Waals surface area contributed by atoms with Gasteiger partial charge in [0.2, 0.25) is 0 Å². The Kier molecular flexibility index (Phi) is 8.13. The summed E-state index contributed by atoms with van der Waals surface area (Å²) in [6, 6.07) is 0. The van der Waals surface area contributed by atoms with Crippen LogP contribution in [0.25, 0.3) is 0 Å². The van der Waals surface area contributed by atoms with Crippen molar-refractivity contribution in [2.45, 2.75) is 0 Å². The molecule has 0 aliphatic rings. The molecule has 0 atom stereocenters. The lowest BCUT2D eigenvalue weighted by Crippen LogP contribution is -1.25. The van der Waals surface area contributed by atoms with Crippen molar-refractivity contribution >= 4 is 38.9 Å². The van der Waals surface area contributed by atoms with Crippen molar-refractivity contribution in [1.29, 1.82) is 0 Å². The molecule has 0 aromatic carbocycles. The maximum absolute atomic E-state index is 9.51. The van der Waals surface area contributed by atoms with Crippen LogP contribution in [0.2, 0.25) is 0 Å². The van der Waals surface area contributed by atoms with Crippen LogP contribution < -0.4 is 0 Å². The SMILES string of the molecule is CO.O=P(Cl)(Cl)Cl. The highest BCUT2D eigenvalue weighted by Gasteiger charge is 2.02. The smallest absolute Gasteiger partial charge is 0.339 e. The fourth-order valence-electron chi connectivity index (χ4n) is 0. The van der Waals surface area contributed by atoms with E-state index in [1.807, 2.05) is 0 Å². The summed E-state index contributed by atoms with van der Waals surface area (Å²) in [5.74, 6) is 0. The maximum Gasteiger partial charge on any atom is 0.339 e. The van der Waals surface area contributed by atoms with Gasteiger partial charge in [-0.25, -0.2) is 0 Å². The molecule has 0 heterocycles. The Morgan fingerprint density at radius 1 is 1.29 bits per heavy atom. The standard InChI is InChI=1S/CH4O.Cl3OP/c1-2;1-5(2,3)4/h2H,1H3;. The van der Waals surface area contributed by atoms with Crippen LogP contribution in [-0.4, -0.2) is 12.2 Å². The topological polar surface area (TPSA) is 37.3 Å². The van der Waals surface area contributed by atoms with Crippen molar-refractivity contribution in [2.75, 3.05) is 7.11 Å². The fourth-order valence-corrected chi connectivity index (χ4v) is 0. The quantitative estimate of drug-likeness (QED) is 0.589. The van der Waals surface area contributed by atoms with E-state index in [0.717, 1.165) is 7.11 Å². The molecule has 0 aliphatic carbocycles. The molecule has 0 aromatic heterocycles. The van der Waals surface area contributed by atoms with Crippen molar-refractivity contribution in [1.82, 2.24) is 0 Å². The third kappa shape index (κ3) is 161. The Balaban J connectivity index is 0. The number of rotatable bonds is 0. The number of halogens is 3. The molecule has 1 N–H and O–H groups in total. The van der Waals surface area contributed by atoms with Gasteiger partial charge in [-0.05, 0) is 33.7 Å². The van der Waals surface area contributed by atoms with Gasteiger partial charge in [0.25, 0.3) is 0 Å². The predicted molar refractivity (Wildman–Crippen MR) is 33.3 cm³/mol. The first kappa shape index (κ1) is 10.9. The highest BCUT2D eigenvalue weighted by atomic mass is 36.0. The van der Waals surface area contributed by atoms with E-state index < -0.39 is 5.20 Å². The molecule has 0 aromatic rings. The first-order valence-electron chi connectivity index (χ1n) is 1.14. The minimum absolute atomic E-state index is 1.00. The first-order valence-corrected chi connectivity index (χ1v) is 5.56. The van der Waals surface area contributed by atoms with E-state index in [9.17, 15) is 4.57 Å². The van der Waals surface area contributed by atoms with Gasteiger partial charge in [-0.3, -0.25) is 4.57 Å². The minimum Gasteiger partial charge on any atom is -0.400 e. The number of hydrogen-bond donors (Lipinski definition) is 1. The Morgan fingerprint density at radius 3 is 1.29 bits per heavy atom. The first-order chi connectivity index (χ1) is 3.00. The summed E-state index contributed by atoms with van der Waals surface area (Å²) in [7, 11) is 1.00. The molecular weight excluding hydrogens is 181 g/mol. The Labute approximate surface area is 56.1 Å². The van der Waals surface area contributed by atoms with E-state index in [0.29, 0.717) is 0 Å². The van der Waals surface area contributed by atoms with Crippen molar-refractivity contribution in [3.8, 4) is 0 Å². The zero-order valence-corrected chi connectivity index (χ0v) is 6.60. The van der Waals surface area contributed by atoms with E-state index in [1.54, 1.807) is 0 Å². The average molecular weight is 185 g/mol. The van der Waals surface area contributed by atoms with Crippen molar-refractivity contribution in [2.24, 2.45) is 0 Å². The molecule has 0 aliphatic heterocycles. The van der Waals surface area contributed by atoms with Crippen LogP contribution in [0.5, 0.6) is 0 Å². The number of hydrogen-bond acceptors (Lipinski definition) is 2. The number of aliphatic hydroxyl groups is 1. The molecule has 0 bridgehead atoms. The highest BCUT2D eigenvalue weighted by Crippen LogP contribution is 2.61. The van der Waals surface area contributed by atoms with Gasteiger partial charge in [-0.1, -0.05) is 0 Å². The molecule has 46 valence electrons. The second-order valence-corrected chi connectivity index (χ2v) is 7.04. The largest absolute Gasteiger partial charge is 0.400 e. The summed E-state index contributed by atoms with van der Waals surface area (Å²) < 4.78 is 9.51.